The maximum absolute atomic E-state index is 14.0. The molecule has 2 aromatic rings. The summed E-state index contributed by atoms with van der Waals surface area (Å²) in [6.45, 7) is 3.21. The predicted molar refractivity (Wildman–Crippen MR) is 101 cm³/mol. The van der Waals surface area contributed by atoms with Crippen LogP contribution in [0.25, 0.3) is 0 Å². The Morgan fingerprint density at radius 3 is 2.33 bits per heavy atom. The third kappa shape index (κ3) is 3.93. The maximum Gasteiger partial charge on any atom is 0.256 e. The summed E-state index contributed by atoms with van der Waals surface area (Å²) in [6.07, 6.45) is 0. The van der Waals surface area contributed by atoms with E-state index < -0.39 is 5.82 Å². The van der Waals surface area contributed by atoms with E-state index in [2.05, 4.69) is 6.07 Å². The zero-order valence-corrected chi connectivity index (χ0v) is 15.5. The number of halogens is 2. The van der Waals surface area contributed by atoms with E-state index in [-0.39, 0.29) is 22.3 Å². The normalized spacial score (nSPS) is 14.0. The van der Waals surface area contributed by atoms with Gasteiger partial charge >= 0.3 is 0 Å². The molecule has 2 aromatic carbocycles. The van der Waals surface area contributed by atoms with E-state index in [4.69, 9.17) is 16.9 Å². The summed E-state index contributed by atoms with van der Waals surface area (Å²) in [4.78, 5) is 28.0. The van der Waals surface area contributed by atoms with Crippen molar-refractivity contribution in [1.82, 2.24) is 4.90 Å². The fourth-order valence-electron chi connectivity index (χ4n) is 3.14. The van der Waals surface area contributed by atoms with Crippen LogP contribution in [0.1, 0.15) is 33.2 Å². The molecule has 1 heterocycles. The van der Waals surface area contributed by atoms with E-state index in [1.807, 2.05) is 4.90 Å². The van der Waals surface area contributed by atoms with Crippen molar-refractivity contribution in [3.05, 3.63) is 63.9 Å². The molecule has 7 heteroatoms. The molecule has 0 N–H and O–H groups in total. The molecule has 0 radical (unpaired) electrons. The maximum atomic E-state index is 14.0. The van der Waals surface area contributed by atoms with Gasteiger partial charge in [0.15, 0.2) is 5.78 Å². The summed E-state index contributed by atoms with van der Waals surface area (Å²) >= 11 is 5.74. The van der Waals surface area contributed by atoms with E-state index >= 15 is 0 Å². The molecular formula is C20H17ClFN3O2. The van der Waals surface area contributed by atoms with Gasteiger partial charge in [0.2, 0.25) is 0 Å². The van der Waals surface area contributed by atoms with Gasteiger partial charge in [-0.1, -0.05) is 11.6 Å². The highest BCUT2D eigenvalue weighted by Crippen LogP contribution is 2.25. The molecule has 5 nitrogen and oxygen atoms in total. The Kier molecular flexibility index (Phi) is 5.43. The Morgan fingerprint density at radius 1 is 1.07 bits per heavy atom. The van der Waals surface area contributed by atoms with Crippen molar-refractivity contribution >= 4 is 29.0 Å². The number of carbonyl (C=O) groups is 2. The van der Waals surface area contributed by atoms with Crippen LogP contribution in [0, 0.1) is 17.1 Å². The second-order valence-electron chi connectivity index (χ2n) is 6.30. The quantitative estimate of drug-likeness (QED) is 0.758. The second kappa shape index (κ2) is 7.77. The molecule has 1 aliphatic heterocycles. The highest BCUT2D eigenvalue weighted by molar-refractivity contribution is 6.30. The van der Waals surface area contributed by atoms with Crippen LogP contribution in [0.15, 0.2) is 36.4 Å². The topological polar surface area (TPSA) is 64.4 Å². The number of amides is 1. The fourth-order valence-corrected chi connectivity index (χ4v) is 3.30. The zero-order chi connectivity index (χ0) is 19.6. The number of anilines is 1. The third-order valence-corrected chi connectivity index (χ3v) is 4.81. The van der Waals surface area contributed by atoms with Crippen LogP contribution in [0.3, 0.4) is 0 Å². The van der Waals surface area contributed by atoms with Crippen molar-refractivity contribution in [2.75, 3.05) is 31.1 Å². The summed E-state index contributed by atoms with van der Waals surface area (Å²) in [6, 6.07) is 11.0. The zero-order valence-electron chi connectivity index (χ0n) is 14.7. The smallest absolute Gasteiger partial charge is 0.256 e. The molecule has 0 unspecified atom stereocenters. The monoisotopic (exact) mass is 385 g/mol. The molecule has 0 aromatic heterocycles. The lowest BCUT2D eigenvalue weighted by Gasteiger charge is -2.37. The van der Waals surface area contributed by atoms with Crippen LogP contribution in [0.2, 0.25) is 5.02 Å². The summed E-state index contributed by atoms with van der Waals surface area (Å²) < 4.78 is 14.0. The van der Waals surface area contributed by atoms with E-state index in [1.54, 1.807) is 23.1 Å². The number of hydrogen-bond donors (Lipinski definition) is 0. The molecule has 1 saturated heterocycles. The van der Waals surface area contributed by atoms with Gasteiger partial charge in [-0.3, -0.25) is 9.59 Å². The molecule has 0 aliphatic carbocycles. The highest BCUT2D eigenvalue weighted by Gasteiger charge is 2.26. The van der Waals surface area contributed by atoms with Crippen LogP contribution in [-0.4, -0.2) is 42.8 Å². The predicted octanol–water partition coefficient (Wildman–Crippen LogP) is 3.52. The Morgan fingerprint density at radius 2 is 1.74 bits per heavy atom. The van der Waals surface area contributed by atoms with Gasteiger partial charge in [0, 0.05) is 42.5 Å². The molecule has 1 fully saturated rings. The van der Waals surface area contributed by atoms with Crippen LogP contribution in [0.4, 0.5) is 10.1 Å². The Labute approximate surface area is 161 Å². The van der Waals surface area contributed by atoms with Gasteiger partial charge in [-0.25, -0.2) is 4.39 Å². The number of ketones is 1. The third-order valence-electron chi connectivity index (χ3n) is 4.58. The van der Waals surface area contributed by atoms with Crippen LogP contribution >= 0.6 is 11.6 Å². The Balaban J connectivity index is 1.77. The summed E-state index contributed by atoms with van der Waals surface area (Å²) in [5, 5.41) is 9.36. The molecule has 1 amide bonds. The second-order valence-corrected chi connectivity index (χ2v) is 6.74. The molecule has 0 atom stereocenters. The average Bonchev–Trinajstić information content (AvgIpc) is 2.67. The largest absolute Gasteiger partial charge is 0.367 e. The molecule has 0 bridgehead atoms. The molecule has 27 heavy (non-hydrogen) atoms. The average molecular weight is 386 g/mol. The SMILES string of the molecule is CC(=O)c1ccc(C#N)cc1N1CCN(C(=O)c2ccc(Cl)cc2F)CC1. The van der Waals surface area contributed by atoms with Gasteiger partial charge in [0.05, 0.1) is 17.2 Å². The fraction of sp³-hybridized carbons (Fsp3) is 0.250. The molecule has 0 spiro atoms. The van der Waals surface area contributed by atoms with Crippen molar-refractivity contribution < 1.29 is 14.0 Å². The first kappa shape index (κ1) is 18.9. The number of nitriles is 1. The molecule has 0 saturated carbocycles. The molecule has 138 valence electrons. The van der Waals surface area contributed by atoms with Gasteiger partial charge in [0.1, 0.15) is 5.82 Å². The standard InChI is InChI=1S/C20H17ClFN3O2/c1-13(26)16-4-2-14(12-23)10-19(16)24-6-8-25(9-7-24)20(27)17-5-3-15(21)11-18(17)22/h2-5,10-11H,6-9H2,1H3. The number of carbonyl (C=O) groups excluding carboxylic acids is 2. The molecular weight excluding hydrogens is 369 g/mol. The number of Topliss-reactive ketones (excluding diaryl/α,β-unsaturated/α-hetero) is 1. The van der Waals surface area contributed by atoms with Crippen molar-refractivity contribution in [2.45, 2.75) is 6.92 Å². The summed E-state index contributed by atoms with van der Waals surface area (Å²) in [5.41, 5.74) is 1.68. The van der Waals surface area contributed by atoms with Gasteiger partial charge in [-0.05, 0) is 43.3 Å². The first-order valence-corrected chi connectivity index (χ1v) is 8.83. The van der Waals surface area contributed by atoms with Gasteiger partial charge in [-0.15, -0.1) is 0 Å². The number of rotatable bonds is 3. The van der Waals surface area contributed by atoms with E-state index in [1.165, 1.54) is 19.1 Å². The number of nitrogens with zero attached hydrogens (tertiary/aromatic N) is 3. The number of benzene rings is 2. The van der Waals surface area contributed by atoms with Crippen molar-refractivity contribution in [1.29, 1.82) is 5.26 Å². The minimum Gasteiger partial charge on any atom is -0.367 e. The minimum atomic E-state index is -0.643. The first-order chi connectivity index (χ1) is 12.9. The lowest BCUT2D eigenvalue weighted by Crippen LogP contribution is -2.49. The first-order valence-electron chi connectivity index (χ1n) is 8.45. The lowest BCUT2D eigenvalue weighted by atomic mass is 10.0. The van der Waals surface area contributed by atoms with Crippen LogP contribution in [0.5, 0.6) is 0 Å². The van der Waals surface area contributed by atoms with Gasteiger partial charge < -0.3 is 9.80 Å². The van der Waals surface area contributed by atoms with Crippen LogP contribution < -0.4 is 4.90 Å². The van der Waals surface area contributed by atoms with E-state index in [0.29, 0.717) is 43.0 Å². The van der Waals surface area contributed by atoms with Crippen molar-refractivity contribution in [3.63, 3.8) is 0 Å². The summed E-state index contributed by atoms with van der Waals surface area (Å²) in [7, 11) is 0. The number of piperazine rings is 1. The Hall–Kier alpha value is -2.91. The number of hydrogen-bond acceptors (Lipinski definition) is 4. The van der Waals surface area contributed by atoms with Gasteiger partial charge in [-0.2, -0.15) is 5.26 Å². The highest BCUT2D eigenvalue weighted by atomic mass is 35.5. The van der Waals surface area contributed by atoms with E-state index in [9.17, 15) is 14.0 Å². The lowest BCUT2D eigenvalue weighted by molar-refractivity contribution is 0.0741. The minimum absolute atomic E-state index is 0.0104. The van der Waals surface area contributed by atoms with Crippen LogP contribution in [-0.2, 0) is 0 Å². The Bertz CT molecular complexity index is 947. The summed E-state index contributed by atoms with van der Waals surface area (Å²) in [5.74, 6) is -1.12. The molecule has 3 rings (SSSR count). The van der Waals surface area contributed by atoms with Crippen molar-refractivity contribution in [3.8, 4) is 6.07 Å². The van der Waals surface area contributed by atoms with Gasteiger partial charge in [0.25, 0.3) is 5.91 Å². The van der Waals surface area contributed by atoms with Crippen molar-refractivity contribution in [2.24, 2.45) is 0 Å². The van der Waals surface area contributed by atoms with E-state index in [0.717, 1.165) is 6.07 Å². The molecule has 1 aliphatic rings.